The van der Waals surface area contributed by atoms with Crippen LogP contribution >= 0.6 is 0 Å². The van der Waals surface area contributed by atoms with E-state index < -0.39 is 0 Å². The smallest absolute Gasteiger partial charge is 0.0834 e. The summed E-state index contributed by atoms with van der Waals surface area (Å²) < 4.78 is 5.32. The fourth-order valence-electron chi connectivity index (χ4n) is 1.32. The molecule has 1 heterocycles. The van der Waals surface area contributed by atoms with Crippen molar-refractivity contribution in [1.29, 1.82) is 0 Å². The number of ether oxygens (including phenoxy) is 1. The van der Waals surface area contributed by atoms with E-state index in [0.29, 0.717) is 0 Å². The van der Waals surface area contributed by atoms with Crippen molar-refractivity contribution >= 4 is 0 Å². The summed E-state index contributed by atoms with van der Waals surface area (Å²) in [6.45, 7) is 2.90. The van der Waals surface area contributed by atoms with Gasteiger partial charge in [0.1, 0.15) is 0 Å². The second-order valence-corrected chi connectivity index (χ2v) is 2.91. The lowest BCUT2D eigenvalue weighted by molar-refractivity contribution is 0.0355. The zero-order valence-corrected chi connectivity index (χ0v) is 6.55. The Morgan fingerprint density at radius 1 is 1.60 bits per heavy atom. The molecule has 0 radical (unpaired) electrons. The molecule has 1 N–H and O–H groups in total. The summed E-state index contributed by atoms with van der Waals surface area (Å²) in [5.74, 6) is 0. The molecule has 60 valence electrons. The van der Waals surface area contributed by atoms with E-state index in [4.69, 9.17) is 4.74 Å². The Labute approximate surface area is 62.2 Å². The Morgan fingerprint density at radius 2 is 2.40 bits per heavy atom. The molecule has 0 saturated carbocycles. The van der Waals surface area contributed by atoms with Crippen molar-refractivity contribution < 1.29 is 9.84 Å². The van der Waals surface area contributed by atoms with Crippen LogP contribution in [0.1, 0.15) is 32.6 Å². The minimum Gasteiger partial charge on any atom is -0.390 e. The standard InChI is InChI=1S/C8H16O2/c1-2-3-4-8-7(9)5-6-10-8/h7-9H,2-6H2,1H3. The third-order valence-electron chi connectivity index (χ3n) is 2.02. The van der Waals surface area contributed by atoms with Crippen LogP contribution in [-0.4, -0.2) is 23.9 Å². The zero-order valence-electron chi connectivity index (χ0n) is 6.55. The van der Waals surface area contributed by atoms with E-state index in [0.717, 1.165) is 19.4 Å². The van der Waals surface area contributed by atoms with Gasteiger partial charge in [0.2, 0.25) is 0 Å². The van der Waals surface area contributed by atoms with Gasteiger partial charge in [-0.05, 0) is 12.8 Å². The van der Waals surface area contributed by atoms with Crippen LogP contribution in [-0.2, 0) is 4.74 Å². The Hall–Kier alpha value is -0.0800. The number of unbranched alkanes of at least 4 members (excludes halogenated alkanes) is 1. The molecule has 1 saturated heterocycles. The van der Waals surface area contributed by atoms with Crippen LogP contribution in [0.2, 0.25) is 0 Å². The first-order chi connectivity index (χ1) is 4.84. The highest BCUT2D eigenvalue weighted by atomic mass is 16.5. The first kappa shape index (κ1) is 8.02. The van der Waals surface area contributed by atoms with Crippen LogP contribution in [0.15, 0.2) is 0 Å². The van der Waals surface area contributed by atoms with Crippen LogP contribution in [0.4, 0.5) is 0 Å². The summed E-state index contributed by atoms with van der Waals surface area (Å²) in [4.78, 5) is 0. The second-order valence-electron chi connectivity index (χ2n) is 2.91. The largest absolute Gasteiger partial charge is 0.390 e. The maximum Gasteiger partial charge on any atom is 0.0834 e. The lowest BCUT2D eigenvalue weighted by Crippen LogP contribution is -2.20. The van der Waals surface area contributed by atoms with Gasteiger partial charge < -0.3 is 9.84 Å². The monoisotopic (exact) mass is 144 g/mol. The Balaban J connectivity index is 2.14. The number of hydrogen-bond acceptors (Lipinski definition) is 2. The van der Waals surface area contributed by atoms with Gasteiger partial charge in [0.15, 0.2) is 0 Å². The fraction of sp³-hybridized carbons (Fsp3) is 1.00. The molecule has 10 heavy (non-hydrogen) atoms. The van der Waals surface area contributed by atoms with E-state index in [-0.39, 0.29) is 12.2 Å². The normalized spacial score (nSPS) is 33.0. The lowest BCUT2D eigenvalue weighted by Gasteiger charge is -2.11. The van der Waals surface area contributed by atoms with Gasteiger partial charge in [-0.15, -0.1) is 0 Å². The van der Waals surface area contributed by atoms with Crippen molar-refractivity contribution in [3.63, 3.8) is 0 Å². The van der Waals surface area contributed by atoms with E-state index in [2.05, 4.69) is 6.92 Å². The van der Waals surface area contributed by atoms with Crippen molar-refractivity contribution in [2.75, 3.05) is 6.61 Å². The minimum atomic E-state index is -0.188. The quantitative estimate of drug-likeness (QED) is 0.647. The predicted octanol–water partition coefficient (Wildman–Crippen LogP) is 1.33. The molecule has 0 amide bonds. The fourth-order valence-corrected chi connectivity index (χ4v) is 1.32. The highest BCUT2D eigenvalue weighted by Crippen LogP contribution is 2.18. The number of hydrogen-bond donors (Lipinski definition) is 1. The highest BCUT2D eigenvalue weighted by Gasteiger charge is 2.24. The minimum absolute atomic E-state index is 0.139. The van der Waals surface area contributed by atoms with Crippen molar-refractivity contribution in [2.45, 2.75) is 44.8 Å². The van der Waals surface area contributed by atoms with Gasteiger partial charge in [-0.1, -0.05) is 19.8 Å². The lowest BCUT2D eigenvalue weighted by atomic mass is 10.1. The number of aliphatic hydroxyl groups is 1. The van der Waals surface area contributed by atoms with Gasteiger partial charge in [0.25, 0.3) is 0 Å². The molecule has 0 aromatic rings. The van der Waals surface area contributed by atoms with Crippen molar-refractivity contribution in [3.8, 4) is 0 Å². The molecule has 1 rings (SSSR count). The Kier molecular flexibility index (Phi) is 3.16. The van der Waals surface area contributed by atoms with Crippen LogP contribution in [0.25, 0.3) is 0 Å². The van der Waals surface area contributed by atoms with Crippen molar-refractivity contribution in [3.05, 3.63) is 0 Å². The first-order valence-corrected chi connectivity index (χ1v) is 4.14. The van der Waals surface area contributed by atoms with Crippen LogP contribution in [0.5, 0.6) is 0 Å². The number of rotatable bonds is 3. The Morgan fingerprint density at radius 3 is 2.90 bits per heavy atom. The second kappa shape index (κ2) is 3.94. The molecule has 0 aromatic heterocycles. The number of aliphatic hydroxyl groups excluding tert-OH is 1. The molecule has 2 heteroatoms. The van der Waals surface area contributed by atoms with E-state index in [1.807, 2.05) is 0 Å². The molecule has 0 spiro atoms. The third-order valence-corrected chi connectivity index (χ3v) is 2.02. The molecular formula is C8H16O2. The van der Waals surface area contributed by atoms with E-state index in [9.17, 15) is 5.11 Å². The summed E-state index contributed by atoms with van der Waals surface area (Å²) in [6.07, 6.45) is 4.16. The summed E-state index contributed by atoms with van der Waals surface area (Å²) in [5.41, 5.74) is 0. The molecule has 1 aliphatic rings. The maximum atomic E-state index is 9.29. The van der Waals surface area contributed by atoms with E-state index >= 15 is 0 Å². The maximum absolute atomic E-state index is 9.29. The Bertz CT molecular complexity index is 93.3. The van der Waals surface area contributed by atoms with E-state index in [1.54, 1.807) is 0 Å². The van der Waals surface area contributed by atoms with Gasteiger partial charge >= 0.3 is 0 Å². The molecule has 2 nitrogen and oxygen atoms in total. The summed E-state index contributed by atoms with van der Waals surface area (Å²) in [6, 6.07) is 0. The predicted molar refractivity (Wildman–Crippen MR) is 39.9 cm³/mol. The summed E-state index contributed by atoms with van der Waals surface area (Å²) >= 11 is 0. The highest BCUT2D eigenvalue weighted by molar-refractivity contribution is 4.74. The van der Waals surface area contributed by atoms with Gasteiger partial charge in [-0.2, -0.15) is 0 Å². The van der Waals surface area contributed by atoms with Crippen LogP contribution in [0.3, 0.4) is 0 Å². The summed E-state index contributed by atoms with van der Waals surface area (Å²) in [5, 5.41) is 9.29. The molecule has 2 atom stereocenters. The molecule has 2 unspecified atom stereocenters. The molecule has 0 bridgehead atoms. The van der Waals surface area contributed by atoms with Gasteiger partial charge in [-0.3, -0.25) is 0 Å². The van der Waals surface area contributed by atoms with E-state index in [1.165, 1.54) is 12.8 Å². The SMILES string of the molecule is CCCCC1OCCC1O. The van der Waals surface area contributed by atoms with Gasteiger partial charge in [0, 0.05) is 6.61 Å². The third kappa shape index (κ3) is 1.96. The van der Waals surface area contributed by atoms with Crippen molar-refractivity contribution in [1.82, 2.24) is 0 Å². The van der Waals surface area contributed by atoms with Crippen LogP contribution < -0.4 is 0 Å². The zero-order chi connectivity index (χ0) is 7.40. The topological polar surface area (TPSA) is 29.5 Å². The first-order valence-electron chi connectivity index (χ1n) is 4.14. The van der Waals surface area contributed by atoms with Gasteiger partial charge in [0.05, 0.1) is 12.2 Å². The van der Waals surface area contributed by atoms with Crippen molar-refractivity contribution in [2.24, 2.45) is 0 Å². The van der Waals surface area contributed by atoms with Crippen LogP contribution in [0, 0.1) is 0 Å². The molecule has 1 aliphatic heterocycles. The molecule has 0 aliphatic carbocycles. The average Bonchev–Trinajstić information content (AvgIpc) is 2.31. The molecule has 0 aromatic carbocycles. The summed E-state index contributed by atoms with van der Waals surface area (Å²) in [7, 11) is 0. The average molecular weight is 144 g/mol. The van der Waals surface area contributed by atoms with Gasteiger partial charge in [-0.25, -0.2) is 0 Å². The molecule has 1 fully saturated rings. The molecular weight excluding hydrogens is 128 g/mol.